The van der Waals surface area contributed by atoms with Gasteiger partial charge in [0.1, 0.15) is 18.1 Å². The number of hydrogen-bond donors (Lipinski definition) is 2. The lowest BCUT2D eigenvalue weighted by Gasteiger charge is -2.32. The van der Waals surface area contributed by atoms with E-state index < -0.39 is 20.8 Å². The predicted octanol–water partition coefficient (Wildman–Crippen LogP) is 0.807. The van der Waals surface area contributed by atoms with Gasteiger partial charge in [-0.05, 0) is 26.0 Å². The molecule has 18 heteroatoms. The minimum Gasteiger partial charge on any atom is -0.726 e. The van der Waals surface area contributed by atoms with Crippen molar-refractivity contribution in [3.05, 3.63) is 47.0 Å². The molecule has 0 fully saturated rings. The topological polar surface area (TPSA) is 209 Å². The van der Waals surface area contributed by atoms with Crippen molar-refractivity contribution in [1.29, 1.82) is 0 Å². The van der Waals surface area contributed by atoms with Crippen molar-refractivity contribution in [2.45, 2.75) is 26.8 Å². The summed E-state index contributed by atoms with van der Waals surface area (Å²) < 4.78 is 67.1. The number of nitro groups is 1. The van der Waals surface area contributed by atoms with Crippen LogP contribution in [-0.2, 0) is 42.8 Å². The number of aromatic nitrogens is 2. The Balaban J connectivity index is 0.00000106. The Labute approximate surface area is 236 Å². The number of benzene rings is 1. The fraction of sp³-hybridized carbons (Fsp3) is 0.591. The van der Waals surface area contributed by atoms with Crippen LogP contribution in [0.1, 0.15) is 20.3 Å². The first-order valence-corrected chi connectivity index (χ1v) is 14.8. The summed E-state index contributed by atoms with van der Waals surface area (Å²) in [5, 5.41) is 18.0. The van der Waals surface area contributed by atoms with Gasteiger partial charge in [-0.3, -0.25) is 18.5 Å². The molecule has 0 bridgehead atoms. The average Bonchev–Trinajstić information content (AvgIpc) is 3.31. The minimum atomic E-state index is -4.41. The minimum absolute atomic E-state index is 0.118. The van der Waals surface area contributed by atoms with E-state index in [0.29, 0.717) is 12.2 Å². The number of nitrogens with zero attached hydrogens (tertiary/aromatic N) is 4. The van der Waals surface area contributed by atoms with E-state index >= 15 is 0 Å². The molecular formula is C22H40N6O10S2. The summed E-state index contributed by atoms with van der Waals surface area (Å²) in [5.74, 6) is 0. The molecule has 0 aliphatic carbocycles. The highest BCUT2D eigenvalue weighted by Crippen LogP contribution is 2.27. The van der Waals surface area contributed by atoms with E-state index in [-0.39, 0.29) is 10.6 Å². The lowest BCUT2D eigenvalue weighted by molar-refractivity contribution is -0.904. The highest BCUT2D eigenvalue weighted by molar-refractivity contribution is 7.81. The molecule has 2 N–H and O–H groups in total. The molecule has 2 aromatic rings. The van der Waals surface area contributed by atoms with Crippen molar-refractivity contribution in [2.24, 2.45) is 7.05 Å². The van der Waals surface area contributed by atoms with Crippen LogP contribution < -0.4 is 15.2 Å². The second kappa shape index (κ2) is 17.7. The van der Waals surface area contributed by atoms with Crippen molar-refractivity contribution < 1.29 is 48.3 Å². The summed E-state index contributed by atoms with van der Waals surface area (Å²) in [7, 11) is -3.00. The third-order valence-electron chi connectivity index (χ3n) is 5.84. The van der Waals surface area contributed by atoms with Crippen LogP contribution in [0.2, 0.25) is 0 Å². The van der Waals surface area contributed by atoms with E-state index in [1.54, 1.807) is 12.1 Å². The smallest absolute Gasteiger partial charge is 0.292 e. The second-order valence-electron chi connectivity index (χ2n) is 8.64. The van der Waals surface area contributed by atoms with Gasteiger partial charge >= 0.3 is 0 Å². The summed E-state index contributed by atoms with van der Waals surface area (Å²) in [6.07, 6.45) is 7.08. The number of likely N-dealkylation sites (N-methyl/N-ethyl adjacent to an activating group) is 1. The maximum Gasteiger partial charge on any atom is 0.292 e. The number of nitrogens with one attached hydrogen (secondary N) is 2. The van der Waals surface area contributed by atoms with Gasteiger partial charge in [-0.2, -0.15) is 0 Å². The number of aryl methyl sites for hydroxylation is 2. The van der Waals surface area contributed by atoms with E-state index in [2.05, 4.69) is 44.5 Å². The highest BCUT2D eigenvalue weighted by Gasteiger charge is 2.18. The van der Waals surface area contributed by atoms with Crippen LogP contribution >= 0.6 is 0 Å². The van der Waals surface area contributed by atoms with Gasteiger partial charge < -0.3 is 24.2 Å². The summed E-state index contributed by atoms with van der Waals surface area (Å²) in [6.45, 7) is 9.79. The Morgan fingerprint density at radius 2 is 1.57 bits per heavy atom. The van der Waals surface area contributed by atoms with Crippen molar-refractivity contribution in [3.8, 4) is 0 Å². The Hall–Kier alpha value is -2.87. The van der Waals surface area contributed by atoms with Crippen LogP contribution in [0.4, 0.5) is 17.1 Å². The molecule has 1 aromatic heterocycles. The molecule has 0 saturated carbocycles. The lowest BCUT2D eigenvalue weighted by atomic mass is 10.2. The van der Waals surface area contributed by atoms with E-state index in [1.807, 2.05) is 36.4 Å². The number of imidazole rings is 1. The molecule has 0 radical (unpaired) electrons. The third-order valence-corrected chi connectivity index (χ3v) is 6.66. The molecule has 0 aliphatic rings. The standard InChI is InChI=1S/C20H34N6O2.2CH4O4S/c1-5-26(4,6-2)15-11-22-19-16-18(8-9-20(19)25(27)28)21-10-7-12-24-14-13-23(3)17-24;2*1-5-6(2,3)4/h8-9,13-14,16-17,21-22H,5-7,10-12,15H2,1-4H3;2*1H3,(H,2,3,4)/q+2;;/p-2. The van der Waals surface area contributed by atoms with Crippen LogP contribution in [-0.4, -0.2) is 93.9 Å². The molecule has 230 valence electrons. The zero-order valence-electron chi connectivity index (χ0n) is 23.6. The maximum absolute atomic E-state index is 11.4. The summed E-state index contributed by atoms with van der Waals surface area (Å²) in [6, 6.07) is 5.19. The molecule has 16 nitrogen and oxygen atoms in total. The number of nitro benzene ring substituents is 1. The van der Waals surface area contributed by atoms with Gasteiger partial charge in [-0.25, -0.2) is 26.0 Å². The first-order chi connectivity index (χ1) is 18.5. The molecule has 0 aliphatic heterocycles. The number of quaternary nitrogens is 1. The SMILES string of the molecule is CC[N+](C)(CC)CCNc1cc(NCCCn2cc[n+](C)c2)ccc1[N+](=O)[O-].COS(=O)(=O)[O-].COS(=O)(=O)[O-]. The van der Waals surface area contributed by atoms with Crippen LogP contribution in [0.3, 0.4) is 0 Å². The van der Waals surface area contributed by atoms with Crippen molar-refractivity contribution in [2.75, 3.05) is 64.6 Å². The van der Waals surface area contributed by atoms with E-state index in [0.717, 1.165) is 63.5 Å². The van der Waals surface area contributed by atoms with Crippen LogP contribution in [0, 0.1) is 10.1 Å². The normalized spacial score (nSPS) is 11.5. The Bertz CT molecular complexity index is 1220. The maximum atomic E-state index is 11.4. The summed E-state index contributed by atoms with van der Waals surface area (Å²) >= 11 is 0. The third kappa shape index (κ3) is 17.0. The lowest BCUT2D eigenvalue weighted by Crippen LogP contribution is -2.46. The van der Waals surface area contributed by atoms with Crippen molar-refractivity contribution in [1.82, 2.24) is 4.57 Å². The average molecular weight is 613 g/mol. The zero-order valence-corrected chi connectivity index (χ0v) is 25.2. The summed E-state index contributed by atoms with van der Waals surface area (Å²) in [4.78, 5) is 11.0. The Kier molecular flexibility index (Phi) is 16.5. The van der Waals surface area contributed by atoms with Crippen molar-refractivity contribution >= 4 is 37.9 Å². The predicted molar refractivity (Wildman–Crippen MR) is 146 cm³/mol. The van der Waals surface area contributed by atoms with Gasteiger partial charge in [-0.15, -0.1) is 0 Å². The first-order valence-electron chi connectivity index (χ1n) is 12.1. The molecule has 0 amide bonds. The fourth-order valence-corrected chi connectivity index (χ4v) is 3.08. The molecule has 0 spiro atoms. The van der Waals surface area contributed by atoms with Gasteiger partial charge in [-0.1, -0.05) is 0 Å². The highest BCUT2D eigenvalue weighted by atomic mass is 32.3. The Morgan fingerprint density at radius 1 is 1.02 bits per heavy atom. The molecule has 1 heterocycles. The number of rotatable bonds is 14. The van der Waals surface area contributed by atoms with Crippen LogP contribution in [0.5, 0.6) is 0 Å². The van der Waals surface area contributed by atoms with Gasteiger partial charge in [0.15, 0.2) is 0 Å². The van der Waals surface area contributed by atoms with Gasteiger partial charge in [0.05, 0.1) is 66.0 Å². The number of anilines is 2. The van der Waals surface area contributed by atoms with Crippen molar-refractivity contribution in [3.63, 3.8) is 0 Å². The molecule has 0 atom stereocenters. The zero-order chi connectivity index (χ0) is 31.0. The Morgan fingerprint density at radius 3 is 2.00 bits per heavy atom. The van der Waals surface area contributed by atoms with Crippen LogP contribution in [0.15, 0.2) is 36.9 Å². The monoisotopic (exact) mass is 612 g/mol. The molecule has 1 aromatic carbocycles. The quantitative estimate of drug-likeness (QED) is 0.0577. The van der Waals surface area contributed by atoms with Gasteiger partial charge in [0, 0.05) is 24.7 Å². The molecule has 0 unspecified atom stereocenters. The first kappa shape index (κ1) is 37.1. The van der Waals surface area contributed by atoms with Crippen LogP contribution in [0.25, 0.3) is 0 Å². The molecule has 40 heavy (non-hydrogen) atoms. The molecule has 2 rings (SSSR count). The second-order valence-corrected chi connectivity index (χ2v) is 10.9. The largest absolute Gasteiger partial charge is 0.726 e. The molecule has 0 saturated heterocycles. The summed E-state index contributed by atoms with van der Waals surface area (Å²) in [5.41, 5.74) is 1.59. The molecular weight excluding hydrogens is 572 g/mol. The number of hydrogen-bond acceptors (Lipinski definition) is 12. The van der Waals surface area contributed by atoms with Gasteiger partial charge in [0.25, 0.3) is 5.69 Å². The van der Waals surface area contributed by atoms with E-state index in [4.69, 9.17) is 0 Å². The fourth-order valence-electron chi connectivity index (χ4n) is 3.08. The van der Waals surface area contributed by atoms with Gasteiger partial charge in [0.2, 0.25) is 27.1 Å². The van der Waals surface area contributed by atoms with E-state index in [1.165, 1.54) is 0 Å². The van der Waals surface area contributed by atoms with E-state index in [9.17, 15) is 36.1 Å².